The van der Waals surface area contributed by atoms with E-state index in [2.05, 4.69) is 47.2 Å². The molecule has 0 radical (unpaired) electrons. The van der Waals surface area contributed by atoms with E-state index in [0.29, 0.717) is 6.04 Å². The Balaban J connectivity index is 1.97. The zero-order valence-corrected chi connectivity index (χ0v) is 13.6. The van der Waals surface area contributed by atoms with Gasteiger partial charge in [0.1, 0.15) is 11.5 Å². The normalized spacial score (nSPS) is 14.0. The number of hydrogen-bond donors (Lipinski definition) is 1. The first-order chi connectivity index (χ1) is 9.60. The Bertz CT molecular complexity index is 539. The average molecular weight is 338 g/mol. The second kappa shape index (κ2) is 6.95. The average Bonchev–Trinajstić information content (AvgIpc) is 2.91. The van der Waals surface area contributed by atoms with Crippen LogP contribution in [0.4, 0.5) is 0 Å². The highest BCUT2D eigenvalue weighted by atomic mass is 79.9. The Morgan fingerprint density at radius 2 is 2.10 bits per heavy atom. The molecule has 0 aliphatic heterocycles. The molecule has 1 N–H and O–H groups in total. The van der Waals surface area contributed by atoms with Crippen molar-refractivity contribution in [2.24, 2.45) is 0 Å². The van der Waals surface area contributed by atoms with E-state index < -0.39 is 0 Å². The molecule has 0 spiro atoms. The third-order valence-electron chi connectivity index (χ3n) is 3.30. The minimum atomic E-state index is 0.266. The topological polar surface area (TPSA) is 34.4 Å². The second-order valence-corrected chi connectivity index (χ2v) is 5.82. The molecule has 20 heavy (non-hydrogen) atoms. The van der Waals surface area contributed by atoms with Crippen LogP contribution in [-0.4, -0.2) is 13.2 Å². The molecule has 2 atom stereocenters. The first-order valence-corrected chi connectivity index (χ1v) is 7.51. The van der Waals surface area contributed by atoms with Crippen molar-refractivity contribution in [2.45, 2.75) is 32.4 Å². The fourth-order valence-electron chi connectivity index (χ4n) is 2.26. The summed E-state index contributed by atoms with van der Waals surface area (Å²) < 4.78 is 11.6. The van der Waals surface area contributed by atoms with E-state index in [1.165, 1.54) is 5.56 Å². The molecule has 0 aliphatic carbocycles. The molecule has 3 nitrogen and oxygen atoms in total. The summed E-state index contributed by atoms with van der Waals surface area (Å²) in [6.07, 6.45) is 2.60. The first kappa shape index (κ1) is 15.1. The molecule has 0 saturated carbocycles. The maximum Gasteiger partial charge on any atom is 0.133 e. The number of nitrogens with one attached hydrogen (secondary N) is 1. The van der Waals surface area contributed by atoms with E-state index in [9.17, 15) is 0 Å². The standard InChI is InChI=1S/C16H20BrNO2/c1-11(9-14-5-4-8-20-14)18-12(2)13-6-7-16(19-3)15(17)10-13/h4-8,10-12,18H,9H2,1-3H3. The first-order valence-electron chi connectivity index (χ1n) is 6.72. The second-order valence-electron chi connectivity index (χ2n) is 4.97. The third kappa shape index (κ3) is 3.87. The summed E-state index contributed by atoms with van der Waals surface area (Å²) in [7, 11) is 1.67. The maximum absolute atomic E-state index is 5.38. The van der Waals surface area contributed by atoms with Crippen molar-refractivity contribution < 1.29 is 9.15 Å². The van der Waals surface area contributed by atoms with Crippen LogP contribution >= 0.6 is 15.9 Å². The van der Waals surface area contributed by atoms with Crippen molar-refractivity contribution >= 4 is 15.9 Å². The Hall–Kier alpha value is -1.26. The smallest absolute Gasteiger partial charge is 0.133 e. The lowest BCUT2D eigenvalue weighted by atomic mass is 10.1. The summed E-state index contributed by atoms with van der Waals surface area (Å²) in [6, 6.07) is 10.7. The van der Waals surface area contributed by atoms with Gasteiger partial charge in [0.05, 0.1) is 17.8 Å². The minimum absolute atomic E-state index is 0.266. The largest absolute Gasteiger partial charge is 0.496 e. The lowest BCUT2D eigenvalue weighted by Gasteiger charge is -2.20. The monoisotopic (exact) mass is 337 g/mol. The van der Waals surface area contributed by atoms with Crippen LogP contribution in [0.1, 0.15) is 31.2 Å². The highest BCUT2D eigenvalue weighted by Crippen LogP contribution is 2.28. The molecule has 108 valence electrons. The van der Waals surface area contributed by atoms with E-state index in [1.54, 1.807) is 13.4 Å². The molecule has 0 saturated heterocycles. The Morgan fingerprint density at radius 1 is 1.30 bits per heavy atom. The number of hydrogen-bond acceptors (Lipinski definition) is 3. The zero-order valence-electron chi connectivity index (χ0n) is 12.0. The summed E-state index contributed by atoms with van der Waals surface area (Å²) in [4.78, 5) is 0. The highest BCUT2D eigenvalue weighted by molar-refractivity contribution is 9.10. The van der Waals surface area contributed by atoms with Crippen LogP contribution < -0.4 is 10.1 Å². The van der Waals surface area contributed by atoms with Gasteiger partial charge in [-0.2, -0.15) is 0 Å². The van der Waals surface area contributed by atoms with Gasteiger partial charge in [-0.25, -0.2) is 0 Å². The zero-order chi connectivity index (χ0) is 14.5. The quantitative estimate of drug-likeness (QED) is 0.851. The lowest BCUT2D eigenvalue weighted by molar-refractivity contribution is 0.410. The van der Waals surface area contributed by atoms with Crippen molar-refractivity contribution in [3.8, 4) is 5.75 Å². The maximum atomic E-state index is 5.38. The molecule has 2 rings (SSSR count). The van der Waals surface area contributed by atoms with Gasteiger partial charge in [-0.1, -0.05) is 6.07 Å². The SMILES string of the molecule is COc1ccc(C(C)NC(C)Cc2ccco2)cc1Br. The molecule has 0 aliphatic rings. The molecule has 4 heteroatoms. The van der Waals surface area contributed by atoms with Crippen LogP contribution in [0.3, 0.4) is 0 Å². The molecule has 2 unspecified atom stereocenters. The van der Waals surface area contributed by atoms with Gasteiger partial charge in [0, 0.05) is 18.5 Å². The van der Waals surface area contributed by atoms with Crippen molar-refractivity contribution in [3.63, 3.8) is 0 Å². The summed E-state index contributed by atoms with van der Waals surface area (Å²) in [5.74, 6) is 1.86. The highest BCUT2D eigenvalue weighted by Gasteiger charge is 2.12. The Morgan fingerprint density at radius 3 is 2.70 bits per heavy atom. The predicted molar refractivity (Wildman–Crippen MR) is 84.1 cm³/mol. The fourth-order valence-corrected chi connectivity index (χ4v) is 2.82. The lowest BCUT2D eigenvalue weighted by Crippen LogP contribution is -2.30. The van der Waals surface area contributed by atoms with Gasteiger partial charge in [-0.05, 0) is 59.6 Å². The molecule has 1 heterocycles. The van der Waals surface area contributed by atoms with Crippen LogP contribution in [0, 0.1) is 0 Å². The van der Waals surface area contributed by atoms with E-state index >= 15 is 0 Å². The molecular weight excluding hydrogens is 318 g/mol. The predicted octanol–water partition coefficient (Wildman–Crippen LogP) is 4.33. The van der Waals surface area contributed by atoms with E-state index in [4.69, 9.17) is 9.15 Å². The van der Waals surface area contributed by atoms with Crippen molar-refractivity contribution in [3.05, 3.63) is 52.4 Å². The number of methoxy groups -OCH3 is 1. The van der Waals surface area contributed by atoms with Crippen LogP contribution in [0.25, 0.3) is 0 Å². The number of furan rings is 1. The minimum Gasteiger partial charge on any atom is -0.496 e. The molecule has 0 bridgehead atoms. The van der Waals surface area contributed by atoms with Gasteiger partial charge in [0.2, 0.25) is 0 Å². The number of rotatable bonds is 6. The number of halogens is 1. The van der Waals surface area contributed by atoms with E-state index in [1.807, 2.05) is 18.2 Å². The van der Waals surface area contributed by atoms with Crippen molar-refractivity contribution in [2.75, 3.05) is 7.11 Å². The van der Waals surface area contributed by atoms with Gasteiger partial charge < -0.3 is 14.5 Å². The van der Waals surface area contributed by atoms with E-state index in [0.717, 1.165) is 22.4 Å². The summed E-state index contributed by atoms with van der Waals surface area (Å²) in [5.41, 5.74) is 1.23. The Kier molecular flexibility index (Phi) is 5.26. The van der Waals surface area contributed by atoms with Gasteiger partial charge in [-0.3, -0.25) is 0 Å². The number of ether oxygens (including phenoxy) is 1. The van der Waals surface area contributed by atoms with Crippen LogP contribution in [0.15, 0.2) is 45.5 Å². The van der Waals surface area contributed by atoms with Crippen LogP contribution in [0.2, 0.25) is 0 Å². The molecule has 1 aromatic carbocycles. The van der Waals surface area contributed by atoms with Crippen LogP contribution in [0.5, 0.6) is 5.75 Å². The molecule has 1 aromatic heterocycles. The molecular formula is C16H20BrNO2. The van der Waals surface area contributed by atoms with Gasteiger partial charge >= 0.3 is 0 Å². The molecule has 0 fully saturated rings. The number of benzene rings is 1. The van der Waals surface area contributed by atoms with E-state index in [-0.39, 0.29) is 6.04 Å². The third-order valence-corrected chi connectivity index (χ3v) is 3.92. The van der Waals surface area contributed by atoms with Crippen molar-refractivity contribution in [1.29, 1.82) is 0 Å². The summed E-state index contributed by atoms with van der Waals surface area (Å²) >= 11 is 3.52. The van der Waals surface area contributed by atoms with Crippen molar-refractivity contribution in [1.82, 2.24) is 5.32 Å². The van der Waals surface area contributed by atoms with Gasteiger partial charge in [0.15, 0.2) is 0 Å². The Labute approximate surface area is 128 Å². The summed E-state index contributed by atoms with van der Waals surface area (Å²) in [5, 5.41) is 3.58. The fraction of sp³-hybridized carbons (Fsp3) is 0.375. The van der Waals surface area contributed by atoms with Gasteiger partial charge in [-0.15, -0.1) is 0 Å². The summed E-state index contributed by atoms with van der Waals surface area (Å²) in [6.45, 7) is 4.32. The van der Waals surface area contributed by atoms with Gasteiger partial charge in [0.25, 0.3) is 0 Å². The van der Waals surface area contributed by atoms with Crippen LogP contribution in [-0.2, 0) is 6.42 Å². The molecule has 2 aromatic rings. The molecule has 0 amide bonds.